The van der Waals surface area contributed by atoms with E-state index in [4.69, 9.17) is 11.6 Å². The number of carbonyl (C=O) groups is 1. The molecular formula is C16H15ClN8O. The molecule has 0 unspecified atom stereocenters. The van der Waals surface area contributed by atoms with Gasteiger partial charge in [-0.3, -0.25) is 9.48 Å². The highest BCUT2D eigenvalue weighted by Crippen LogP contribution is 2.24. The van der Waals surface area contributed by atoms with Crippen molar-refractivity contribution in [3.05, 3.63) is 54.5 Å². The van der Waals surface area contributed by atoms with Gasteiger partial charge in [-0.25, -0.2) is 9.97 Å². The fourth-order valence-electron chi connectivity index (χ4n) is 2.00. The number of amides is 1. The van der Waals surface area contributed by atoms with Crippen LogP contribution in [0.2, 0.25) is 5.02 Å². The minimum Gasteiger partial charge on any atom is -0.323 e. The summed E-state index contributed by atoms with van der Waals surface area (Å²) in [5.74, 6) is 1.20. The van der Waals surface area contributed by atoms with Crippen LogP contribution in [0, 0.1) is 0 Å². The fraction of sp³-hybridized carbons (Fsp3) is 0.0625. The maximum atomic E-state index is 11.4. The van der Waals surface area contributed by atoms with Crippen LogP contribution < -0.4 is 16.0 Å². The molecule has 26 heavy (non-hydrogen) atoms. The van der Waals surface area contributed by atoms with Gasteiger partial charge in [0.15, 0.2) is 5.82 Å². The van der Waals surface area contributed by atoms with Crippen LogP contribution in [0.5, 0.6) is 0 Å². The molecule has 0 fully saturated rings. The maximum absolute atomic E-state index is 11.4. The number of pyridine rings is 1. The largest absolute Gasteiger partial charge is 0.323 e. The van der Waals surface area contributed by atoms with Gasteiger partial charge in [0.05, 0.1) is 18.1 Å². The van der Waals surface area contributed by atoms with E-state index >= 15 is 0 Å². The summed E-state index contributed by atoms with van der Waals surface area (Å²) in [6.45, 7) is 3.40. The van der Waals surface area contributed by atoms with Gasteiger partial charge in [0.25, 0.3) is 0 Å². The summed E-state index contributed by atoms with van der Waals surface area (Å²) >= 11 is 6.16. The van der Waals surface area contributed by atoms with Crippen LogP contribution in [-0.2, 0) is 11.8 Å². The number of aromatic nitrogens is 5. The van der Waals surface area contributed by atoms with E-state index < -0.39 is 0 Å². The first-order valence-corrected chi connectivity index (χ1v) is 7.87. The molecule has 3 aromatic rings. The van der Waals surface area contributed by atoms with Gasteiger partial charge in [0.1, 0.15) is 16.7 Å². The van der Waals surface area contributed by atoms with E-state index in [0.29, 0.717) is 28.4 Å². The Labute approximate surface area is 154 Å². The zero-order valence-electron chi connectivity index (χ0n) is 13.8. The van der Waals surface area contributed by atoms with Gasteiger partial charge in [-0.2, -0.15) is 10.1 Å². The average Bonchev–Trinajstić information content (AvgIpc) is 3.03. The Hall–Kier alpha value is -3.46. The third-order valence-electron chi connectivity index (χ3n) is 3.14. The van der Waals surface area contributed by atoms with Crippen molar-refractivity contribution < 1.29 is 4.79 Å². The first-order valence-electron chi connectivity index (χ1n) is 7.49. The number of hydrogen-bond acceptors (Lipinski definition) is 7. The van der Waals surface area contributed by atoms with Crippen LogP contribution >= 0.6 is 11.6 Å². The second-order valence-corrected chi connectivity index (χ2v) is 5.55. The molecule has 0 aliphatic carbocycles. The molecule has 0 bridgehead atoms. The van der Waals surface area contributed by atoms with E-state index in [-0.39, 0.29) is 5.91 Å². The Bertz CT molecular complexity index is 955. The fourth-order valence-corrected chi connectivity index (χ4v) is 2.14. The van der Waals surface area contributed by atoms with Gasteiger partial charge < -0.3 is 16.0 Å². The second-order valence-electron chi connectivity index (χ2n) is 5.14. The monoisotopic (exact) mass is 370 g/mol. The summed E-state index contributed by atoms with van der Waals surface area (Å²) in [6.07, 6.45) is 6.08. The molecule has 1 amide bonds. The molecule has 3 N–H and O–H groups in total. The van der Waals surface area contributed by atoms with Gasteiger partial charge in [-0.15, -0.1) is 0 Å². The predicted molar refractivity (Wildman–Crippen MR) is 99.9 cm³/mol. The summed E-state index contributed by atoms with van der Waals surface area (Å²) in [4.78, 5) is 24.1. The molecule has 3 heterocycles. The van der Waals surface area contributed by atoms with Crippen molar-refractivity contribution in [3.8, 4) is 0 Å². The van der Waals surface area contributed by atoms with Crippen molar-refractivity contribution in [2.45, 2.75) is 0 Å². The lowest BCUT2D eigenvalue weighted by atomic mass is 10.4. The zero-order chi connectivity index (χ0) is 18.5. The quantitative estimate of drug-likeness (QED) is 0.572. The topological polar surface area (TPSA) is 110 Å². The third-order valence-corrected chi connectivity index (χ3v) is 3.41. The molecule has 0 radical (unpaired) electrons. The highest BCUT2D eigenvalue weighted by Gasteiger charge is 2.08. The minimum atomic E-state index is -0.349. The van der Waals surface area contributed by atoms with Crippen molar-refractivity contribution >= 4 is 46.6 Å². The number of anilines is 5. The van der Waals surface area contributed by atoms with Crippen molar-refractivity contribution in [1.82, 2.24) is 24.7 Å². The molecule has 0 aliphatic heterocycles. The normalized spacial score (nSPS) is 10.2. The predicted octanol–water partition coefficient (Wildman–Crippen LogP) is 2.87. The number of aryl methyl sites for hydroxylation is 1. The number of rotatable bonds is 6. The van der Waals surface area contributed by atoms with E-state index in [0.717, 1.165) is 5.69 Å². The van der Waals surface area contributed by atoms with Gasteiger partial charge in [0.2, 0.25) is 11.9 Å². The number of carbonyl (C=O) groups excluding carboxylic acids is 1. The van der Waals surface area contributed by atoms with Crippen molar-refractivity contribution in [2.24, 2.45) is 7.05 Å². The van der Waals surface area contributed by atoms with E-state index in [9.17, 15) is 4.79 Å². The molecule has 0 saturated carbocycles. The van der Waals surface area contributed by atoms with E-state index in [1.165, 1.54) is 12.3 Å². The lowest BCUT2D eigenvalue weighted by Gasteiger charge is -2.10. The summed E-state index contributed by atoms with van der Waals surface area (Å²) in [5, 5.41) is 13.0. The van der Waals surface area contributed by atoms with Crippen LogP contribution in [0.3, 0.4) is 0 Å². The second kappa shape index (κ2) is 7.62. The van der Waals surface area contributed by atoms with E-state index in [2.05, 4.69) is 42.6 Å². The molecule has 0 aromatic carbocycles. The maximum Gasteiger partial charge on any atom is 0.248 e. The van der Waals surface area contributed by atoms with Crippen LogP contribution in [0.15, 0.2) is 49.4 Å². The van der Waals surface area contributed by atoms with Crippen molar-refractivity contribution in [1.29, 1.82) is 0 Å². The Morgan fingerprint density at radius 2 is 2.04 bits per heavy atom. The minimum absolute atomic E-state index is 0.323. The summed E-state index contributed by atoms with van der Waals surface area (Å²) in [6, 6.07) is 5.11. The highest BCUT2D eigenvalue weighted by atomic mass is 35.5. The molecule has 3 aromatic heterocycles. The molecule has 9 nitrogen and oxygen atoms in total. The van der Waals surface area contributed by atoms with Gasteiger partial charge >= 0.3 is 0 Å². The Morgan fingerprint density at radius 3 is 2.77 bits per heavy atom. The zero-order valence-corrected chi connectivity index (χ0v) is 14.5. The summed E-state index contributed by atoms with van der Waals surface area (Å²) in [7, 11) is 1.81. The number of nitrogens with zero attached hydrogens (tertiary/aromatic N) is 5. The molecule has 0 spiro atoms. The average molecular weight is 371 g/mol. The van der Waals surface area contributed by atoms with E-state index in [1.807, 2.05) is 7.05 Å². The number of halogens is 1. The van der Waals surface area contributed by atoms with Crippen LogP contribution in [0.25, 0.3) is 0 Å². The smallest absolute Gasteiger partial charge is 0.248 e. The van der Waals surface area contributed by atoms with Crippen LogP contribution in [0.1, 0.15) is 0 Å². The molecule has 0 saturated heterocycles. The Balaban J connectivity index is 1.78. The first kappa shape index (κ1) is 17.4. The molecule has 132 valence electrons. The van der Waals surface area contributed by atoms with Gasteiger partial charge in [-0.1, -0.05) is 24.2 Å². The first-order chi connectivity index (χ1) is 12.5. The Kier molecular flexibility index (Phi) is 5.09. The summed E-state index contributed by atoms with van der Waals surface area (Å²) < 4.78 is 1.66. The standard InChI is InChI=1S/C16H15ClN8O/c1-3-14(26)22-12-5-4-6-13(21-12)23-15-11(17)8-18-16(24-15)20-10-7-19-25(2)9-10/h3-9H,1H2,2H3,(H3,18,20,21,22,23,24,26). The van der Waals surface area contributed by atoms with Crippen molar-refractivity contribution in [2.75, 3.05) is 16.0 Å². The highest BCUT2D eigenvalue weighted by molar-refractivity contribution is 6.32. The molecule has 0 atom stereocenters. The van der Waals surface area contributed by atoms with E-state index in [1.54, 1.807) is 35.3 Å². The summed E-state index contributed by atoms with van der Waals surface area (Å²) in [5.41, 5.74) is 0.744. The lowest BCUT2D eigenvalue weighted by molar-refractivity contribution is -0.111. The van der Waals surface area contributed by atoms with Crippen LogP contribution in [0.4, 0.5) is 29.1 Å². The van der Waals surface area contributed by atoms with Gasteiger partial charge in [0, 0.05) is 13.2 Å². The van der Waals surface area contributed by atoms with Crippen LogP contribution in [-0.4, -0.2) is 30.6 Å². The lowest BCUT2D eigenvalue weighted by Crippen LogP contribution is -2.09. The Morgan fingerprint density at radius 1 is 1.23 bits per heavy atom. The molecule has 10 heteroatoms. The number of hydrogen-bond donors (Lipinski definition) is 3. The molecule has 0 aliphatic rings. The molecular weight excluding hydrogens is 356 g/mol. The number of nitrogens with one attached hydrogen (secondary N) is 3. The third kappa shape index (κ3) is 4.33. The SMILES string of the molecule is C=CC(=O)Nc1cccc(Nc2nc(Nc3cnn(C)c3)ncc2Cl)n1. The molecule has 3 rings (SSSR count). The van der Waals surface area contributed by atoms with Crippen molar-refractivity contribution in [3.63, 3.8) is 0 Å². The van der Waals surface area contributed by atoms with Gasteiger partial charge in [-0.05, 0) is 18.2 Å².